The number of nitrogens with zero attached hydrogens (tertiary/aromatic N) is 1. The van der Waals surface area contributed by atoms with E-state index in [2.05, 4.69) is 15.5 Å². The molecule has 1 unspecified atom stereocenters. The van der Waals surface area contributed by atoms with E-state index in [1.54, 1.807) is 6.92 Å². The molecule has 240 valence electrons. The summed E-state index contributed by atoms with van der Waals surface area (Å²) < 4.78 is 12.9. The van der Waals surface area contributed by atoms with Crippen LogP contribution in [-0.4, -0.2) is 88.1 Å². The minimum Gasteiger partial charge on any atom is -0.390 e. The predicted octanol–water partition coefficient (Wildman–Crippen LogP) is 3.52. The van der Waals surface area contributed by atoms with Crippen LogP contribution in [0.2, 0.25) is 0 Å². The molecule has 1 aliphatic rings. The summed E-state index contributed by atoms with van der Waals surface area (Å²) in [4.78, 5) is 28.6. The molecule has 4 N–H and O–H groups in total. The first-order valence-electron chi connectivity index (χ1n) is 15.9. The highest BCUT2D eigenvalue weighted by Gasteiger charge is 2.32. The zero-order valence-corrected chi connectivity index (χ0v) is 27.4. The van der Waals surface area contributed by atoms with Crippen LogP contribution in [0.3, 0.4) is 0 Å². The van der Waals surface area contributed by atoms with Crippen molar-refractivity contribution < 1.29 is 24.0 Å². The molecule has 1 aromatic carbocycles. The van der Waals surface area contributed by atoms with Crippen LogP contribution < -0.4 is 10.6 Å². The third kappa shape index (κ3) is 14.1. The van der Waals surface area contributed by atoms with Gasteiger partial charge in [-0.25, -0.2) is 0 Å². The third-order valence-corrected chi connectivity index (χ3v) is 9.77. The van der Waals surface area contributed by atoms with Crippen LogP contribution in [0, 0.1) is 23.7 Å². The molecular formula is C33H57N3O5S. The quantitative estimate of drug-likeness (QED) is 0.191. The first kappa shape index (κ1) is 36.4. The number of nitrogens with one attached hydrogen (secondary N) is 2. The molecule has 1 saturated carbocycles. The van der Waals surface area contributed by atoms with E-state index in [-0.39, 0.29) is 30.0 Å². The Balaban J connectivity index is 2.00. The SMILES string of the molecule is CC(C)C[C@H](O)[C@H](O)[C@H](CC1CCCCC1)NC(=O)[C@H](C)CNC(=O)[C@H](Cc1ccccc1)CS(=O)CCCN(C)C. The van der Waals surface area contributed by atoms with Crippen molar-refractivity contribution in [3.8, 4) is 0 Å². The van der Waals surface area contributed by atoms with E-state index in [0.717, 1.165) is 44.2 Å². The van der Waals surface area contributed by atoms with Crippen molar-refractivity contribution in [1.29, 1.82) is 0 Å². The van der Waals surface area contributed by atoms with Gasteiger partial charge in [0.15, 0.2) is 0 Å². The largest absolute Gasteiger partial charge is 0.390 e. The highest BCUT2D eigenvalue weighted by molar-refractivity contribution is 7.85. The van der Waals surface area contributed by atoms with Crippen molar-refractivity contribution in [2.75, 3.05) is 38.7 Å². The predicted molar refractivity (Wildman–Crippen MR) is 171 cm³/mol. The first-order valence-corrected chi connectivity index (χ1v) is 17.4. The normalized spacial score (nSPS) is 18.7. The van der Waals surface area contributed by atoms with E-state index in [1.165, 1.54) is 6.42 Å². The molecule has 0 radical (unpaired) electrons. The van der Waals surface area contributed by atoms with Crippen molar-refractivity contribution in [2.24, 2.45) is 23.7 Å². The minimum atomic E-state index is -1.13. The molecule has 42 heavy (non-hydrogen) atoms. The molecule has 0 aromatic heterocycles. The van der Waals surface area contributed by atoms with Crippen LogP contribution in [0.15, 0.2) is 30.3 Å². The van der Waals surface area contributed by atoms with Crippen molar-refractivity contribution in [1.82, 2.24) is 15.5 Å². The second-order valence-electron chi connectivity index (χ2n) is 13.0. The van der Waals surface area contributed by atoms with Crippen LogP contribution in [0.5, 0.6) is 0 Å². The average molecular weight is 608 g/mol. The highest BCUT2D eigenvalue weighted by Crippen LogP contribution is 2.29. The summed E-state index contributed by atoms with van der Waals surface area (Å²) in [5.41, 5.74) is 1.01. The number of aliphatic hydroxyl groups excluding tert-OH is 2. The van der Waals surface area contributed by atoms with Gasteiger partial charge in [0.1, 0.15) is 6.10 Å². The van der Waals surface area contributed by atoms with Crippen molar-refractivity contribution >= 4 is 22.6 Å². The van der Waals surface area contributed by atoms with Crippen LogP contribution in [0.4, 0.5) is 0 Å². The summed E-state index contributed by atoms with van der Waals surface area (Å²) in [6.45, 7) is 6.75. The van der Waals surface area contributed by atoms with Gasteiger partial charge in [-0.15, -0.1) is 0 Å². The minimum absolute atomic E-state index is 0.143. The summed E-state index contributed by atoms with van der Waals surface area (Å²) in [7, 11) is 2.84. The molecule has 0 aliphatic heterocycles. The molecule has 0 spiro atoms. The summed E-state index contributed by atoms with van der Waals surface area (Å²) in [5, 5.41) is 27.7. The number of benzene rings is 1. The second kappa shape index (κ2) is 19.5. The Hall–Kier alpha value is -1.81. The number of amides is 2. The van der Waals surface area contributed by atoms with Gasteiger partial charge in [0.25, 0.3) is 0 Å². The fourth-order valence-corrected chi connectivity index (χ4v) is 7.08. The van der Waals surface area contributed by atoms with Gasteiger partial charge in [0.05, 0.1) is 24.0 Å². The summed E-state index contributed by atoms with van der Waals surface area (Å²) in [6, 6.07) is 9.19. The van der Waals surface area contributed by atoms with Gasteiger partial charge >= 0.3 is 0 Å². The van der Waals surface area contributed by atoms with Crippen LogP contribution in [0.25, 0.3) is 0 Å². The van der Waals surface area contributed by atoms with Gasteiger partial charge in [0, 0.05) is 28.9 Å². The van der Waals surface area contributed by atoms with E-state index in [4.69, 9.17) is 0 Å². The lowest BCUT2D eigenvalue weighted by Gasteiger charge is -2.33. The van der Waals surface area contributed by atoms with E-state index in [1.807, 2.05) is 58.3 Å². The van der Waals surface area contributed by atoms with Crippen molar-refractivity contribution in [3.05, 3.63) is 35.9 Å². The second-order valence-corrected chi connectivity index (χ2v) is 14.7. The lowest BCUT2D eigenvalue weighted by molar-refractivity contribution is -0.128. The Labute approximate surface area is 256 Å². The average Bonchev–Trinajstić information content (AvgIpc) is 2.95. The molecular weight excluding hydrogens is 550 g/mol. The van der Waals surface area contributed by atoms with Gasteiger partial charge in [0.2, 0.25) is 11.8 Å². The smallest absolute Gasteiger partial charge is 0.224 e. The maximum Gasteiger partial charge on any atom is 0.224 e. The standard InChI is InChI=1S/C33H57N3O5S/c1-24(2)19-30(37)31(38)29(21-27-15-10-7-11-16-27)35-32(39)25(3)22-34-33(40)28(20-26-13-8-6-9-14-26)23-42(41)18-12-17-36(4)5/h6,8-9,13-14,24-25,27-31,37-38H,7,10-12,15-23H2,1-5H3,(H,34,40)(H,35,39)/t25-,28-,29+,30+,31-,42?/m1/s1. The molecule has 0 heterocycles. The number of carbonyl (C=O) groups excluding carboxylic acids is 2. The van der Waals surface area contributed by atoms with Crippen molar-refractivity contribution in [3.63, 3.8) is 0 Å². The van der Waals surface area contributed by atoms with E-state index < -0.39 is 40.9 Å². The molecule has 1 aromatic rings. The fourth-order valence-electron chi connectivity index (χ4n) is 5.75. The zero-order valence-electron chi connectivity index (χ0n) is 26.6. The molecule has 8 nitrogen and oxygen atoms in total. The maximum atomic E-state index is 13.3. The molecule has 2 amide bonds. The van der Waals surface area contributed by atoms with Gasteiger partial charge in [-0.1, -0.05) is 83.2 Å². The Morgan fingerprint density at radius 3 is 2.31 bits per heavy atom. The Bertz CT molecular complexity index is 939. The lowest BCUT2D eigenvalue weighted by atomic mass is 9.82. The molecule has 1 fully saturated rings. The van der Waals surface area contributed by atoms with Crippen LogP contribution in [-0.2, 0) is 26.8 Å². The van der Waals surface area contributed by atoms with Gasteiger partial charge in [-0.05, 0) is 63.7 Å². The van der Waals surface area contributed by atoms with E-state index >= 15 is 0 Å². The Kier molecular flexibility index (Phi) is 16.9. The number of hydrogen-bond donors (Lipinski definition) is 4. The fraction of sp³-hybridized carbons (Fsp3) is 0.758. The van der Waals surface area contributed by atoms with E-state index in [9.17, 15) is 24.0 Å². The topological polar surface area (TPSA) is 119 Å². The summed E-state index contributed by atoms with van der Waals surface area (Å²) in [6.07, 6.45) is 6.11. The van der Waals surface area contributed by atoms with Crippen LogP contribution in [0.1, 0.15) is 77.7 Å². The zero-order chi connectivity index (χ0) is 31.1. The third-order valence-electron chi connectivity index (χ3n) is 8.25. The lowest BCUT2D eigenvalue weighted by Crippen LogP contribution is -2.52. The van der Waals surface area contributed by atoms with Gasteiger partial charge in [-0.2, -0.15) is 0 Å². The summed E-state index contributed by atoms with van der Waals surface area (Å²) >= 11 is 0. The molecule has 0 bridgehead atoms. The van der Waals surface area contributed by atoms with Gasteiger partial charge < -0.3 is 25.7 Å². The summed E-state index contributed by atoms with van der Waals surface area (Å²) in [5.74, 6) is 0.0129. The highest BCUT2D eigenvalue weighted by atomic mass is 32.2. The van der Waals surface area contributed by atoms with Crippen LogP contribution >= 0.6 is 0 Å². The van der Waals surface area contributed by atoms with Crippen molar-refractivity contribution in [2.45, 2.75) is 96.8 Å². The number of hydrogen-bond acceptors (Lipinski definition) is 6. The Morgan fingerprint density at radius 2 is 1.69 bits per heavy atom. The molecule has 6 atom stereocenters. The number of rotatable bonds is 19. The first-order chi connectivity index (χ1) is 20.0. The molecule has 2 rings (SSSR count). The number of carbonyl (C=O) groups is 2. The molecule has 9 heteroatoms. The number of aliphatic hydroxyl groups is 2. The van der Waals surface area contributed by atoms with E-state index in [0.29, 0.717) is 30.9 Å². The molecule has 0 saturated heterocycles. The van der Waals surface area contributed by atoms with Gasteiger partial charge in [-0.3, -0.25) is 13.8 Å². The monoisotopic (exact) mass is 607 g/mol. The maximum absolute atomic E-state index is 13.3. The Morgan fingerprint density at radius 1 is 1.02 bits per heavy atom. The molecule has 1 aliphatic carbocycles.